The number of carbonyl (C=O) groups excluding carboxylic acids is 3. The molecule has 2 rings (SSSR count). The standard InChI is InChI=1S/C18H17NO3/c1-13(20)19-18(22)16(12-14-8-4-2-5-9-14)17(21)15-10-6-3-7-11-15/h2-11,16H,12H2,1H3,(H,19,20,22). The van der Waals surface area contributed by atoms with E-state index in [-0.39, 0.29) is 12.2 Å². The Bertz CT molecular complexity index is 665. The van der Waals surface area contributed by atoms with Gasteiger partial charge in [0.25, 0.3) is 0 Å². The number of hydrogen-bond acceptors (Lipinski definition) is 3. The Kier molecular flexibility index (Phi) is 5.20. The van der Waals surface area contributed by atoms with Gasteiger partial charge < -0.3 is 0 Å². The first-order valence-electron chi connectivity index (χ1n) is 7.02. The molecule has 2 aromatic carbocycles. The second kappa shape index (κ2) is 7.31. The van der Waals surface area contributed by atoms with E-state index in [4.69, 9.17) is 0 Å². The monoisotopic (exact) mass is 295 g/mol. The van der Waals surface area contributed by atoms with Gasteiger partial charge in [-0.15, -0.1) is 0 Å². The van der Waals surface area contributed by atoms with Crippen molar-refractivity contribution in [3.05, 3.63) is 71.8 Å². The first-order chi connectivity index (χ1) is 10.6. The summed E-state index contributed by atoms with van der Waals surface area (Å²) < 4.78 is 0. The lowest BCUT2D eigenvalue weighted by Gasteiger charge is -2.15. The molecule has 0 aliphatic carbocycles. The number of nitrogens with one attached hydrogen (secondary N) is 1. The quantitative estimate of drug-likeness (QED) is 0.680. The van der Waals surface area contributed by atoms with Gasteiger partial charge in [0.15, 0.2) is 5.78 Å². The lowest BCUT2D eigenvalue weighted by atomic mass is 9.90. The van der Waals surface area contributed by atoms with Gasteiger partial charge in [-0.25, -0.2) is 0 Å². The molecule has 0 radical (unpaired) electrons. The molecule has 0 heterocycles. The molecule has 0 fully saturated rings. The highest BCUT2D eigenvalue weighted by Gasteiger charge is 2.28. The number of hydrogen-bond donors (Lipinski definition) is 1. The Labute approximate surface area is 129 Å². The zero-order valence-corrected chi connectivity index (χ0v) is 12.3. The van der Waals surface area contributed by atoms with E-state index in [2.05, 4.69) is 5.32 Å². The lowest BCUT2D eigenvalue weighted by Crippen LogP contribution is -2.39. The van der Waals surface area contributed by atoms with Crippen LogP contribution in [-0.2, 0) is 16.0 Å². The van der Waals surface area contributed by atoms with Gasteiger partial charge in [-0.1, -0.05) is 60.7 Å². The molecule has 1 N–H and O–H groups in total. The van der Waals surface area contributed by atoms with Crippen molar-refractivity contribution in [2.24, 2.45) is 5.92 Å². The molecule has 0 saturated heterocycles. The maximum absolute atomic E-state index is 12.6. The summed E-state index contributed by atoms with van der Waals surface area (Å²) in [5.41, 5.74) is 1.33. The zero-order chi connectivity index (χ0) is 15.9. The van der Waals surface area contributed by atoms with E-state index in [0.29, 0.717) is 5.56 Å². The van der Waals surface area contributed by atoms with Gasteiger partial charge in [-0.3, -0.25) is 19.7 Å². The highest BCUT2D eigenvalue weighted by molar-refractivity contribution is 6.13. The van der Waals surface area contributed by atoms with Crippen LogP contribution in [0.25, 0.3) is 0 Å². The van der Waals surface area contributed by atoms with E-state index >= 15 is 0 Å². The summed E-state index contributed by atoms with van der Waals surface area (Å²) in [5.74, 6) is -2.24. The second-order valence-electron chi connectivity index (χ2n) is 5.02. The number of benzene rings is 2. The Hall–Kier alpha value is -2.75. The van der Waals surface area contributed by atoms with E-state index < -0.39 is 17.7 Å². The summed E-state index contributed by atoms with van der Waals surface area (Å²) in [4.78, 5) is 35.9. The average molecular weight is 295 g/mol. The SMILES string of the molecule is CC(=O)NC(=O)C(Cc1ccccc1)C(=O)c1ccccc1. The minimum absolute atomic E-state index is 0.258. The molecule has 4 heteroatoms. The molecule has 0 saturated carbocycles. The van der Waals surface area contributed by atoms with Gasteiger partial charge in [0.1, 0.15) is 5.92 Å². The number of ketones is 1. The van der Waals surface area contributed by atoms with Crippen LogP contribution in [0, 0.1) is 5.92 Å². The smallest absolute Gasteiger partial charge is 0.237 e. The summed E-state index contributed by atoms with van der Waals surface area (Å²) in [6.45, 7) is 1.25. The van der Waals surface area contributed by atoms with Crippen molar-refractivity contribution >= 4 is 17.6 Å². The molecule has 2 aromatic rings. The highest BCUT2D eigenvalue weighted by Crippen LogP contribution is 2.15. The molecule has 112 valence electrons. The van der Waals surface area contributed by atoms with Crippen molar-refractivity contribution in [1.82, 2.24) is 5.32 Å². The molecule has 0 spiro atoms. The fourth-order valence-electron chi connectivity index (χ4n) is 2.22. The zero-order valence-electron chi connectivity index (χ0n) is 12.3. The van der Waals surface area contributed by atoms with E-state index in [0.717, 1.165) is 5.56 Å². The largest absolute Gasteiger partial charge is 0.296 e. The van der Waals surface area contributed by atoms with Gasteiger partial charge in [-0.05, 0) is 12.0 Å². The molecule has 1 atom stereocenters. The molecule has 2 amide bonds. The van der Waals surface area contributed by atoms with Gasteiger partial charge in [0, 0.05) is 12.5 Å². The average Bonchev–Trinajstić information content (AvgIpc) is 2.53. The number of Topliss-reactive ketones (excluding diaryl/α,β-unsaturated/α-hetero) is 1. The molecule has 1 unspecified atom stereocenters. The van der Waals surface area contributed by atoms with Crippen molar-refractivity contribution < 1.29 is 14.4 Å². The fourth-order valence-corrected chi connectivity index (χ4v) is 2.22. The first-order valence-corrected chi connectivity index (χ1v) is 7.02. The summed E-state index contributed by atoms with van der Waals surface area (Å²) in [6.07, 6.45) is 0.258. The van der Waals surface area contributed by atoms with Gasteiger partial charge in [0.2, 0.25) is 11.8 Å². The van der Waals surface area contributed by atoms with Crippen LogP contribution in [0.2, 0.25) is 0 Å². The van der Waals surface area contributed by atoms with Gasteiger partial charge >= 0.3 is 0 Å². The van der Waals surface area contributed by atoms with Crippen LogP contribution < -0.4 is 5.32 Å². The molecule has 0 aliphatic heterocycles. The van der Waals surface area contributed by atoms with Crippen LogP contribution in [0.3, 0.4) is 0 Å². The van der Waals surface area contributed by atoms with Crippen LogP contribution in [0.5, 0.6) is 0 Å². The van der Waals surface area contributed by atoms with Crippen LogP contribution in [0.1, 0.15) is 22.8 Å². The Balaban J connectivity index is 2.27. The van der Waals surface area contributed by atoms with Crippen molar-refractivity contribution in [3.8, 4) is 0 Å². The molecular weight excluding hydrogens is 278 g/mol. The minimum atomic E-state index is -0.923. The molecular formula is C18H17NO3. The minimum Gasteiger partial charge on any atom is -0.296 e. The molecule has 0 aliphatic rings. The van der Waals surface area contributed by atoms with Crippen molar-refractivity contribution in [2.45, 2.75) is 13.3 Å². The summed E-state index contributed by atoms with van der Waals surface area (Å²) in [6, 6.07) is 17.9. The number of imide groups is 1. The number of carbonyl (C=O) groups is 3. The van der Waals surface area contributed by atoms with Crippen LogP contribution in [0.15, 0.2) is 60.7 Å². The van der Waals surface area contributed by atoms with Gasteiger partial charge in [0.05, 0.1) is 0 Å². The third-order valence-corrected chi connectivity index (χ3v) is 3.27. The molecule has 4 nitrogen and oxygen atoms in total. The Morgan fingerprint density at radius 3 is 2.00 bits per heavy atom. The fraction of sp³-hybridized carbons (Fsp3) is 0.167. The summed E-state index contributed by atoms with van der Waals surface area (Å²) in [7, 11) is 0. The second-order valence-corrected chi connectivity index (χ2v) is 5.02. The maximum Gasteiger partial charge on any atom is 0.237 e. The van der Waals surface area contributed by atoms with Crippen molar-refractivity contribution in [1.29, 1.82) is 0 Å². The van der Waals surface area contributed by atoms with E-state index in [1.165, 1.54) is 6.92 Å². The lowest BCUT2D eigenvalue weighted by molar-refractivity contribution is -0.130. The van der Waals surface area contributed by atoms with E-state index in [9.17, 15) is 14.4 Å². The molecule has 22 heavy (non-hydrogen) atoms. The topological polar surface area (TPSA) is 63.2 Å². The van der Waals surface area contributed by atoms with E-state index in [1.54, 1.807) is 30.3 Å². The Morgan fingerprint density at radius 2 is 1.45 bits per heavy atom. The number of rotatable bonds is 5. The van der Waals surface area contributed by atoms with Crippen molar-refractivity contribution in [2.75, 3.05) is 0 Å². The predicted octanol–water partition coefficient (Wildman–Crippen LogP) is 2.39. The van der Waals surface area contributed by atoms with Crippen LogP contribution in [0.4, 0.5) is 0 Å². The normalized spacial score (nSPS) is 11.5. The summed E-state index contributed by atoms with van der Waals surface area (Å²) in [5, 5.41) is 2.22. The molecule has 0 aromatic heterocycles. The van der Waals surface area contributed by atoms with Crippen LogP contribution >= 0.6 is 0 Å². The Morgan fingerprint density at radius 1 is 0.909 bits per heavy atom. The van der Waals surface area contributed by atoms with Gasteiger partial charge in [-0.2, -0.15) is 0 Å². The third-order valence-electron chi connectivity index (χ3n) is 3.27. The number of amides is 2. The predicted molar refractivity (Wildman–Crippen MR) is 83.2 cm³/mol. The van der Waals surface area contributed by atoms with Crippen LogP contribution in [-0.4, -0.2) is 17.6 Å². The third kappa shape index (κ3) is 4.12. The molecule has 0 bridgehead atoms. The maximum atomic E-state index is 12.6. The van der Waals surface area contributed by atoms with E-state index in [1.807, 2.05) is 30.3 Å². The first kappa shape index (κ1) is 15.6. The van der Waals surface area contributed by atoms with Crippen molar-refractivity contribution in [3.63, 3.8) is 0 Å². The summed E-state index contributed by atoms with van der Waals surface area (Å²) >= 11 is 0. The highest BCUT2D eigenvalue weighted by atomic mass is 16.2.